The number of aromatic nitrogens is 2. The van der Waals surface area contributed by atoms with Gasteiger partial charge in [-0.25, -0.2) is 15.0 Å². The van der Waals surface area contributed by atoms with Gasteiger partial charge in [-0.15, -0.1) is 24.0 Å². The van der Waals surface area contributed by atoms with E-state index >= 15 is 0 Å². The second-order valence-corrected chi connectivity index (χ2v) is 7.90. The first kappa shape index (κ1) is 23.6. The topological polar surface area (TPSA) is 59.9 Å². The van der Waals surface area contributed by atoms with Crippen LogP contribution in [-0.4, -0.2) is 66.6 Å². The van der Waals surface area contributed by atoms with Crippen molar-refractivity contribution in [1.82, 2.24) is 20.2 Å². The maximum absolute atomic E-state index is 4.94. The lowest BCUT2D eigenvalue weighted by Gasteiger charge is -2.37. The lowest BCUT2D eigenvalue weighted by atomic mass is 10.1. The minimum atomic E-state index is 0. The van der Waals surface area contributed by atoms with E-state index in [4.69, 9.17) is 4.99 Å². The van der Waals surface area contributed by atoms with Gasteiger partial charge in [0.25, 0.3) is 0 Å². The average Bonchev–Trinajstić information content (AvgIpc) is 2.83. The van der Waals surface area contributed by atoms with Crippen LogP contribution in [0.25, 0.3) is 0 Å². The molecule has 2 fully saturated rings. The zero-order valence-electron chi connectivity index (χ0n) is 18.4. The number of hydrogen-bond acceptors (Lipinski definition) is 5. The molecule has 0 aromatic carbocycles. The predicted octanol–water partition coefficient (Wildman–Crippen LogP) is 3.37. The number of nitrogens with one attached hydrogen (secondary N) is 1. The fourth-order valence-corrected chi connectivity index (χ4v) is 4.14. The van der Waals surface area contributed by atoms with Crippen molar-refractivity contribution < 1.29 is 0 Å². The first-order chi connectivity index (χ1) is 14.8. The second kappa shape index (κ2) is 12.1. The van der Waals surface area contributed by atoms with E-state index in [2.05, 4.69) is 55.1 Å². The van der Waals surface area contributed by atoms with E-state index in [-0.39, 0.29) is 24.0 Å². The van der Waals surface area contributed by atoms with E-state index in [0.29, 0.717) is 6.54 Å². The van der Waals surface area contributed by atoms with Crippen molar-refractivity contribution in [2.24, 2.45) is 4.99 Å². The van der Waals surface area contributed by atoms with Gasteiger partial charge < -0.3 is 20.0 Å². The molecule has 2 aliphatic heterocycles. The molecule has 0 unspecified atom stereocenters. The molecule has 2 saturated heterocycles. The fraction of sp³-hybridized carbons (Fsp3) is 0.522. The molecule has 0 amide bonds. The standard InChI is InChI=1S/C23H33N7.HI/c1-2-24-23(30-16-14-29(15-17-30)21-8-4-5-10-25-21)27-19-20-9-11-26-22(18-20)28-12-6-3-7-13-28;/h4-5,8-11,18H,2-3,6-7,12-17,19H2,1H3,(H,24,27);1H. The highest BCUT2D eigenvalue weighted by molar-refractivity contribution is 14.0. The van der Waals surface area contributed by atoms with Crippen LogP contribution in [0.5, 0.6) is 0 Å². The number of hydrogen-bond donors (Lipinski definition) is 1. The minimum absolute atomic E-state index is 0. The zero-order valence-corrected chi connectivity index (χ0v) is 20.7. The first-order valence-electron chi connectivity index (χ1n) is 11.2. The second-order valence-electron chi connectivity index (χ2n) is 7.90. The molecule has 2 aromatic heterocycles. The van der Waals surface area contributed by atoms with Crippen LogP contribution in [0.4, 0.5) is 11.6 Å². The number of piperidine rings is 1. The van der Waals surface area contributed by atoms with Gasteiger partial charge in [-0.3, -0.25) is 0 Å². The van der Waals surface area contributed by atoms with Gasteiger partial charge in [0.2, 0.25) is 0 Å². The molecular formula is C23H34IN7. The molecular weight excluding hydrogens is 501 g/mol. The van der Waals surface area contributed by atoms with Gasteiger partial charge in [0.15, 0.2) is 5.96 Å². The fourth-order valence-electron chi connectivity index (χ4n) is 4.14. The van der Waals surface area contributed by atoms with Crippen molar-refractivity contribution >= 4 is 41.6 Å². The molecule has 31 heavy (non-hydrogen) atoms. The Labute approximate surface area is 203 Å². The lowest BCUT2D eigenvalue weighted by Crippen LogP contribution is -2.52. The van der Waals surface area contributed by atoms with Crippen molar-refractivity contribution in [3.8, 4) is 0 Å². The molecule has 0 atom stereocenters. The molecule has 0 aliphatic carbocycles. The molecule has 2 aromatic rings. The number of halogens is 1. The van der Waals surface area contributed by atoms with Crippen LogP contribution in [0.15, 0.2) is 47.7 Å². The molecule has 4 rings (SSSR count). The molecule has 4 heterocycles. The van der Waals surface area contributed by atoms with Crippen molar-refractivity contribution in [3.05, 3.63) is 48.3 Å². The van der Waals surface area contributed by atoms with Crippen molar-refractivity contribution in [2.75, 3.05) is 55.6 Å². The van der Waals surface area contributed by atoms with E-state index in [1.54, 1.807) is 0 Å². The summed E-state index contributed by atoms with van der Waals surface area (Å²) in [4.78, 5) is 21.1. The van der Waals surface area contributed by atoms with Gasteiger partial charge in [0.1, 0.15) is 11.6 Å². The van der Waals surface area contributed by atoms with Crippen LogP contribution in [0.3, 0.4) is 0 Å². The Morgan fingerprint density at radius 2 is 1.65 bits per heavy atom. The molecule has 8 heteroatoms. The average molecular weight is 535 g/mol. The highest BCUT2D eigenvalue weighted by Gasteiger charge is 2.20. The summed E-state index contributed by atoms with van der Waals surface area (Å²) in [5.41, 5.74) is 1.22. The van der Waals surface area contributed by atoms with Gasteiger partial charge in [-0.05, 0) is 56.0 Å². The molecule has 168 valence electrons. The molecule has 7 nitrogen and oxygen atoms in total. The minimum Gasteiger partial charge on any atom is -0.357 e. The van der Waals surface area contributed by atoms with E-state index in [0.717, 1.165) is 63.4 Å². The number of pyridine rings is 2. The summed E-state index contributed by atoms with van der Waals surface area (Å²) in [6.07, 6.45) is 7.64. The van der Waals surface area contributed by atoms with Crippen molar-refractivity contribution in [2.45, 2.75) is 32.7 Å². The Kier molecular flexibility index (Phi) is 9.17. The number of anilines is 2. The molecule has 0 bridgehead atoms. The summed E-state index contributed by atoms with van der Waals surface area (Å²) in [5.74, 6) is 3.15. The maximum Gasteiger partial charge on any atom is 0.194 e. The van der Waals surface area contributed by atoms with E-state index in [1.165, 1.54) is 24.8 Å². The molecule has 2 aliphatic rings. The number of guanidine groups is 1. The monoisotopic (exact) mass is 535 g/mol. The van der Waals surface area contributed by atoms with Crippen LogP contribution in [0.1, 0.15) is 31.7 Å². The molecule has 0 radical (unpaired) electrons. The van der Waals surface area contributed by atoms with E-state index in [9.17, 15) is 0 Å². The van der Waals surface area contributed by atoms with Crippen LogP contribution < -0.4 is 15.1 Å². The number of rotatable bonds is 5. The van der Waals surface area contributed by atoms with Gasteiger partial charge in [-0.1, -0.05) is 6.07 Å². The Morgan fingerprint density at radius 3 is 2.35 bits per heavy atom. The van der Waals surface area contributed by atoms with Gasteiger partial charge >= 0.3 is 0 Å². The van der Waals surface area contributed by atoms with Crippen LogP contribution in [-0.2, 0) is 6.54 Å². The SMILES string of the molecule is CCNC(=NCc1ccnc(N2CCCCC2)c1)N1CCN(c2ccccn2)CC1.I. The highest BCUT2D eigenvalue weighted by atomic mass is 127. The van der Waals surface area contributed by atoms with E-state index < -0.39 is 0 Å². The number of nitrogens with zero attached hydrogens (tertiary/aromatic N) is 6. The summed E-state index contributed by atoms with van der Waals surface area (Å²) in [6, 6.07) is 10.4. The largest absolute Gasteiger partial charge is 0.357 e. The zero-order chi connectivity index (χ0) is 20.6. The van der Waals surface area contributed by atoms with Crippen LogP contribution >= 0.6 is 24.0 Å². The highest BCUT2D eigenvalue weighted by Crippen LogP contribution is 2.19. The summed E-state index contributed by atoms with van der Waals surface area (Å²) in [6.45, 7) is 9.69. The quantitative estimate of drug-likeness (QED) is 0.360. The van der Waals surface area contributed by atoms with Crippen LogP contribution in [0.2, 0.25) is 0 Å². The normalized spacial score (nSPS) is 17.3. The van der Waals surface area contributed by atoms with Crippen molar-refractivity contribution in [1.29, 1.82) is 0 Å². The number of piperazine rings is 1. The van der Waals surface area contributed by atoms with Crippen molar-refractivity contribution in [3.63, 3.8) is 0 Å². The Bertz CT molecular complexity index is 816. The smallest absolute Gasteiger partial charge is 0.194 e. The summed E-state index contributed by atoms with van der Waals surface area (Å²) >= 11 is 0. The Balaban J connectivity index is 0.00000272. The molecule has 0 spiro atoms. The summed E-state index contributed by atoms with van der Waals surface area (Å²) in [7, 11) is 0. The Morgan fingerprint density at radius 1 is 0.903 bits per heavy atom. The van der Waals surface area contributed by atoms with Gasteiger partial charge in [0, 0.05) is 58.2 Å². The lowest BCUT2D eigenvalue weighted by molar-refractivity contribution is 0.371. The van der Waals surface area contributed by atoms with Gasteiger partial charge in [-0.2, -0.15) is 0 Å². The first-order valence-corrected chi connectivity index (χ1v) is 11.2. The summed E-state index contributed by atoms with van der Waals surface area (Å²) < 4.78 is 0. The predicted molar refractivity (Wildman–Crippen MR) is 139 cm³/mol. The molecule has 1 N–H and O–H groups in total. The summed E-state index contributed by atoms with van der Waals surface area (Å²) in [5, 5.41) is 3.47. The third-order valence-corrected chi connectivity index (χ3v) is 5.79. The Hall–Kier alpha value is -2.10. The van der Waals surface area contributed by atoms with Crippen LogP contribution in [0, 0.1) is 0 Å². The number of aliphatic imine (C=N–C) groups is 1. The maximum atomic E-state index is 4.94. The van der Waals surface area contributed by atoms with E-state index in [1.807, 2.05) is 24.5 Å². The molecule has 0 saturated carbocycles. The third kappa shape index (κ3) is 6.44. The van der Waals surface area contributed by atoms with Gasteiger partial charge in [0.05, 0.1) is 6.54 Å². The third-order valence-electron chi connectivity index (χ3n) is 5.79.